The van der Waals surface area contributed by atoms with Crippen molar-refractivity contribution in [3.8, 4) is 0 Å². The standard InChI is InChI=1S/C25H23ClN2O2S/c1-17-11-13-21(16-23(17)26)28-25(30)18(2)31-22-10-6-9-20(15-22)27-24(29)14-12-19-7-4-3-5-8-19/h3-16,18H,1-2H3,(H,27,29)(H,28,30)/b14-12+. The zero-order valence-corrected chi connectivity index (χ0v) is 18.8. The van der Waals surface area contributed by atoms with Gasteiger partial charge in [0.05, 0.1) is 5.25 Å². The number of hydrogen-bond acceptors (Lipinski definition) is 3. The summed E-state index contributed by atoms with van der Waals surface area (Å²) in [6.45, 7) is 3.75. The van der Waals surface area contributed by atoms with Crippen LogP contribution in [-0.4, -0.2) is 17.1 Å². The molecule has 3 aromatic carbocycles. The fraction of sp³-hybridized carbons (Fsp3) is 0.120. The van der Waals surface area contributed by atoms with Crippen LogP contribution in [0.25, 0.3) is 6.08 Å². The number of amides is 2. The van der Waals surface area contributed by atoms with Crippen LogP contribution in [0.5, 0.6) is 0 Å². The fourth-order valence-corrected chi connectivity index (χ4v) is 3.85. The number of nitrogens with one attached hydrogen (secondary N) is 2. The predicted octanol–water partition coefficient (Wildman–Crippen LogP) is 6.42. The van der Waals surface area contributed by atoms with E-state index in [1.807, 2.05) is 80.6 Å². The van der Waals surface area contributed by atoms with Crippen molar-refractivity contribution in [2.45, 2.75) is 24.0 Å². The van der Waals surface area contributed by atoms with Crippen molar-refractivity contribution in [1.82, 2.24) is 0 Å². The maximum Gasteiger partial charge on any atom is 0.248 e. The summed E-state index contributed by atoms with van der Waals surface area (Å²) >= 11 is 7.54. The first-order valence-corrected chi connectivity index (χ1v) is 11.0. The number of thioether (sulfide) groups is 1. The molecular weight excluding hydrogens is 428 g/mol. The van der Waals surface area contributed by atoms with Gasteiger partial charge in [-0.1, -0.05) is 54.1 Å². The SMILES string of the molecule is Cc1ccc(NC(=O)C(C)Sc2cccc(NC(=O)/C=C/c3ccccc3)c2)cc1Cl. The highest BCUT2D eigenvalue weighted by atomic mass is 35.5. The number of rotatable bonds is 7. The van der Waals surface area contributed by atoms with E-state index in [0.29, 0.717) is 16.4 Å². The quantitative estimate of drug-likeness (QED) is 0.322. The minimum atomic E-state index is -0.330. The third kappa shape index (κ3) is 7.02. The second kappa shape index (κ2) is 10.8. The topological polar surface area (TPSA) is 58.2 Å². The fourth-order valence-electron chi connectivity index (χ4n) is 2.74. The monoisotopic (exact) mass is 450 g/mol. The van der Waals surface area contributed by atoms with E-state index < -0.39 is 0 Å². The van der Waals surface area contributed by atoms with Crippen molar-refractivity contribution in [3.63, 3.8) is 0 Å². The minimum absolute atomic E-state index is 0.120. The van der Waals surface area contributed by atoms with E-state index in [-0.39, 0.29) is 17.1 Å². The first-order valence-electron chi connectivity index (χ1n) is 9.78. The lowest BCUT2D eigenvalue weighted by Gasteiger charge is -2.13. The predicted molar refractivity (Wildman–Crippen MR) is 131 cm³/mol. The number of hydrogen-bond donors (Lipinski definition) is 2. The lowest BCUT2D eigenvalue weighted by Crippen LogP contribution is -2.22. The van der Waals surface area contributed by atoms with Gasteiger partial charge in [-0.25, -0.2) is 0 Å². The second-order valence-electron chi connectivity index (χ2n) is 6.97. The molecule has 0 aliphatic carbocycles. The van der Waals surface area contributed by atoms with Crippen LogP contribution >= 0.6 is 23.4 Å². The van der Waals surface area contributed by atoms with E-state index in [4.69, 9.17) is 11.6 Å². The normalized spacial score (nSPS) is 11.8. The molecule has 3 aromatic rings. The number of carbonyl (C=O) groups excluding carboxylic acids is 2. The maximum absolute atomic E-state index is 12.5. The number of halogens is 1. The largest absolute Gasteiger partial charge is 0.325 e. The van der Waals surface area contributed by atoms with Gasteiger partial charge in [-0.3, -0.25) is 9.59 Å². The molecule has 0 aromatic heterocycles. The molecule has 0 radical (unpaired) electrons. The van der Waals surface area contributed by atoms with Crippen LogP contribution < -0.4 is 10.6 Å². The molecule has 0 saturated heterocycles. The van der Waals surface area contributed by atoms with Crippen molar-refractivity contribution in [2.24, 2.45) is 0 Å². The van der Waals surface area contributed by atoms with E-state index >= 15 is 0 Å². The summed E-state index contributed by atoms with van der Waals surface area (Å²) in [5.41, 5.74) is 3.25. The van der Waals surface area contributed by atoms with Gasteiger partial charge >= 0.3 is 0 Å². The molecule has 0 fully saturated rings. The number of anilines is 2. The average Bonchev–Trinajstić information content (AvgIpc) is 2.76. The van der Waals surface area contributed by atoms with E-state index in [2.05, 4.69) is 10.6 Å². The molecule has 2 amide bonds. The molecular formula is C25H23ClN2O2S. The Balaban J connectivity index is 1.57. The van der Waals surface area contributed by atoms with Gasteiger partial charge < -0.3 is 10.6 Å². The van der Waals surface area contributed by atoms with Gasteiger partial charge in [0.1, 0.15) is 0 Å². The van der Waals surface area contributed by atoms with Gasteiger partial charge in [0.25, 0.3) is 0 Å². The molecule has 0 spiro atoms. The second-order valence-corrected chi connectivity index (χ2v) is 8.80. The van der Waals surface area contributed by atoms with Crippen LogP contribution in [-0.2, 0) is 9.59 Å². The highest BCUT2D eigenvalue weighted by molar-refractivity contribution is 8.00. The van der Waals surface area contributed by atoms with E-state index in [1.165, 1.54) is 17.8 Å². The Morgan fingerprint density at radius 3 is 2.42 bits per heavy atom. The number of carbonyl (C=O) groups is 2. The van der Waals surface area contributed by atoms with Gasteiger partial charge in [-0.2, -0.15) is 0 Å². The average molecular weight is 451 g/mol. The van der Waals surface area contributed by atoms with Crippen LogP contribution in [0.3, 0.4) is 0 Å². The molecule has 4 nitrogen and oxygen atoms in total. The molecule has 0 saturated carbocycles. The molecule has 0 bridgehead atoms. The molecule has 3 rings (SSSR count). The summed E-state index contributed by atoms with van der Waals surface area (Å²) in [4.78, 5) is 25.6. The summed E-state index contributed by atoms with van der Waals surface area (Å²) in [6, 6.07) is 22.5. The maximum atomic E-state index is 12.5. The van der Waals surface area contributed by atoms with E-state index in [0.717, 1.165) is 16.0 Å². The highest BCUT2D eigenvalue weighted by Crippen LogP contribution is 2.27. The third-order valence-electron chi connectivity index (χ3n) is 4.45. The molecule has 158 valence electrons. The van der Waals surface area contributed by atoms with Crippen molar-refractivity contribution in [1.29, 1.82) is 0 Å². The molecule has 0 aliphatic heterocycles. The first kappa shape index (κ1) is 22.7. The van der Waals surface area contributed by atoms with E-state index in [9.17, 15) is 9.59 Å². The Morgan fingerprint density at radius 1 is 0.935 bits per heavy atom. The zero-order chi connectivity index (χ0) is 22.2. The van der Waals surface area contributed by atoms with Crippen molar-refractivity contribution >= 4 is 52.6 Å². The Morgan fingerprint density at radius 2 is 1.68 bits per heavy atom. The summed E-state index contributed by atoms with van der Waals surface area (Å²) in [6.07, 6.45) is 3.26. The minimum Gasteiger partial charge on any atom is -0.325 e. The molecule has 1 atom stereocenters. The van der Waals surface area contributed by atoms with Gasteiger partial charge in [-0.15, -0.1) is 11.8 Å². The van der Waals surface area contributed by atoms with Crippen molar-refractivity contribution < 1.29 is 9.59 Å². The van der Waals surface area contributed by atoms with Crippen LogP contribution in [0, 0.1) is 6.92 Å². The van der Waals surface area contributed by atoms with Crippen LogP contribution in [0.1, 0.15) is 18.1 Å². The van der Waals surface area contributed by atoms with Crippen LogP contribution in [0.2, 0.25) is 5.02 Å². The summed E-state index contributed by atoms with van der Waals surface area (Å²) in [5.74, 6) is -0.335. The first-order chi connectivity index (χ1) is 14.9. The van der Waals surface area contributed by atoms with Crippen molar-refractivity contribution in [2.75, 3.05) is 10.6 Å². The summed E-state index contributed by atoms with van der Waals surface area (Å²) in [7, 11) is 0. The van der Waals surface area contributed by atoms with Crippen LogP contribution in [0.4, 0.5) is 11.4 Å². The lowest BCUT2D eigenvalue weighted by molar-refractivity contribution is -0.115. The zero-order valence-electron chi connectivity index (χ0n) is 17.3. The summed E-state index contributed by atoms with van der Waals surface area (Å²) in [5, 5.41) is 6.02. The highest BCUT2D eigenvalue weighted by Gasteiger charge is 2.15. The smallest absolute Gasteiger partial charge is 0.248 e. The number of benzene rings is 3. The molecule has 1 unspecified atom stereocenters. The Hall–Kier alpha value is -3.02. The van der Waals surface area contributed by atoms with Gasteiger partial charge in [0.15, 0.2) is 0 Å². The lowest BCUT2D eigenvalue weighted by atomic mass is 10.2. The van der Waals surface area contributed by atoms with E-state index in [1.54, 1.807) is 12.1 Å². The Kier molecular flexibility index (Phi) is 7.93. The third-order valence-corrected chi connectivity index (χ3v) is 5.95. The number of aryl methyl sites for hydroxylation is 1. The van der Waals surface area contributed by atoms with Gasteiger partial charge in [-0.05, 0) is 61.4 Å². The van der Waals surface area contributed by atoms with Gasteiger partial charge in [0.2, 0.25) is 11.8 Å². The van der Waals surface area contributed by atoms with Crippen LogP contribution in [0.15, 0.2) is 83.8 Å². The molecule has 6 heteroatoms. The van der Waals surface area contributed by atoms with Gasteiger partial charge in [0, 0.05) is 27.4 Å². The summed E-state index contributed by atoms with van der Waals surface area (Å²) < 4.78 is 0. The van der Waals surface area contributed by atoms with Crippen molar-refractivity contribution in [3.05, 3.63) is 95.0 Å². The Labute approximate surface area is 191 Å². The molecule has 0 heterocycles. The molecule has 2 N–H and O–H groups in total. The Bertz CT molecular complexity index is 1100. The molecule has 0 aliphatic rings. The molecule has 31 heavy (non-hydrogen) atoms.